The van der Waals surface area contributed by atoms with Gasteiger partial charge in [0, 0.05) is 25.3 Å². The molecule has 0 unspecified atom stereocenters. The van der Waals surface area contributed by atoms with Crippen LogP contribution in [-0.4, -0.2) is 43.7 Å². The van der Waals surface area contributed by atoms with Gasteiger partial charge in [0.2, 0.25) is 0 Å². The molecule has 4 fully saturated rings. The molecule has 180 valence electrons. The van der Waals surface area contributed by atoms with Crippen molar-refractivity contribution in [2.24, 2.45) is 5.41 Å². The minimum absolute atomic E-state index is 0.0202. The third-order valence-corrected chi connectivity index (χ3v) is 8.14. The smallest absolute Gasteiger partial charge is 0.251 e. The van der Waals surface area contributed by atoms with E-state index in [9.17, 15) is 4.79 Å². The van der Waals surface area contributed by atoms with Crippen LogP contribution in [0.25, 0.3) is 11.1 Å². The molecular weight excluding hydrogens is 430 g/mol. The number of carbonyl (C=O) groups excluding carboxylic acids is 1. The van der Waals surface area contributed by atoms with Gasteiger partial charge in [-0.15, -0.1) is 0 Å². The number of piperidine rings is 1. The van der Waals surface area contributed by atoms with Gasteiger partial charge in [0.1, 0.15) is 18.0 Å². The summed E-state index contributed by atoms with van der Waals surface area (Å²) in [5, 5.41) is 0. The molecule has 34 heavy (non-hydrogen) atoms. The van der Waals surface area contributed by atoms with Gasteiger partial charge in [0.15, 0.2) is 0 Å². The summed E-state index contributed by atoms with van der Waals surface area (Å²) < 4.78 is 11.3. The molecule has 0 aromatic heterocycles. The molecule has 0 radical (unpaired) electrons. The average Bonchev–Trinajstić information content (AvgIpc) is 3.31. The molecule has 1 saturated carbocycles. The summed E-state index contributed by atoms with van der Waals surface area (Å²) in [6.45, 7) is 2.46. The van der Waals surface area contributed by atoms with E-state index in [1.807, 2.05) is 11.0 Å². The van der Waals surface area contributed by atoms with Crippen molar-refractivity contribution < 1.29 is 14.3 Å². The summed E-state index contributed by atoms with van der Waals surface area (Å²) >= 11 is 0. The Morgan fingerprint density at radius 1 is 1.06 bits per heavy atom. The SMILES string of the molecule is COc1ccc(C2NNNN2)cc1-c1ccc([C@H]2CC23CCN(C(=O)[C@H]2CCCO2)CC3)cc1. The fourth-order valence-electron chi connectivity index (χ4n) is 5.97. The molecule has 1 amide bonds. The number of hydrogen-bond donors (Lipinski definition) is 4. The van der Waals surface area contributed by atoms with Crippen LogP contribution in [0.4, 0.5) is 0 Å². The second-order valence-electron chi connectivity index (χ2n) is 10.00. The molecule has 4 N–H and O–H groups in total. The van der Waals surface area contributed by atoms with Crippen molar-refractivity contribution >= 4 is 5.91 Å². The zero-order valence-electron chi connectivity index (χ0n) is 19.6. The molecule has 6 rings (SSSR count). The van der Waals surface area contributed by atoms with Crippen molar-refractivity contribution in [3.05, 3.63) is 53.6 Å². The Labute approximate surface area is 200 Å². The van der Waals surface area contributed by atoms with Crippen LogP contribution in [0.3, 0.4) is 0 Å². The maximum absolute atomic E-state index is 12.7. The van der Waals surface area contributed by atoms with Crippen LogP contribution < -0.4 is 26.7 Å². The highest BCUT2D eigenvalue weighted by atomic mass is 16.5. The van der Waals surface area contributed by atoms with Crippen molar-refractivity contribution in [3.63, 3.8) is 0 Å². The maximum atomic E-state index is 12.7. The van der Waals surface area contributed by atoms with Crippen LogP contribution in [0.5, 0.6) is 5.75 Å². The number of amides is 1. The Morgan fingerprint density at radius 2 is 1.79 bits per heavy atom. The number of nitrogens with zero attached hydrogens (tertiary/aromatic N) is 1. The lowest BCUT2D eigenvalue weighted by atomic mass is 9.88. The first-order chi connectivity index (χ1) is 16.7. The lowest BCUT2D eigenvalue weighted by Crippen LogP contribution is -2.44. The molecule has 8 heteroatoms. The average molecular weight is 464 g/mol. The van der Waals surface area contributed by atoms with E-state index < -0.39 is 0 Å². The fourth-order valence-corrected chi connectivity index (χ4v) is 5.97. The maximum Gasteiger partial charge on any atom is 0.251 e. The number of benzene rings is 2. The number of ether oxygens (including phenoxy) is 2. The van der Waals surface area contributed by atoms with Gasteiger partial charge < -0.3 is 14.4 Å². The normalized spacial score (nSPS) is 26.2. The van der Waals surface area contributed by atoms with E-state index in [4.69, 9.17) is 9.47 Å². The van der Waals surface area contributed by atoms with Gasteiger partial charge in [-0.1, -0.05) is 30.3 Å². The predicted molar refractivity (Wildman–Crippen MR) is 128 cm³/mol. The largest absolute Gasteiger partial charge is 0.496 e. The van der Waals surface area contributed by atoms with Gasteiger partial charge in [-0.3, -0.25) is 4.79 Å². The van der Waals surface area contributed by atoms with E-state index in [-0.39, 0.29) is 18.2 Å². The molecule has 8 nitrogen and oxygen atoms in total. The van der Waals surface area contributed by atoms with Crippen LogP contribution in [0, 0.1) is 5.41 Å². The molecule has 1 aliphatic carbocycles. The zero-order chi connectivity index (χ0) is 23.1. The first kappa shape index (κ1) is 22.0. The monoisotopic (exact) mass is 463 g/mol. The lowest BCUT2D eigenvalue weighted by molar-refractivity contribution is -0.142. The molecular formula is C26H33N5O3. The van der Waals surface area contributed by atoms with E-state index in [2.05, 4.69) is 58.3 Å². The highest BCUT2D eigenvalue weighted by Gasteiger charge is 2.55. The standard InChI is InChI=1S/C26H33N5O3/c1-33-22-9-8-19(24-27-29-30-28-24)15-20(22)17-4-6-18(7-5-17)21-16-26(21)10-12-31(13-11-26)25(32)23-3-2-14-34-23/h4-9,15,21,23-24,27-30H,2-3,10-14,16H2,1H3/t21-,23-/m1/s1. The molecule has 2 atom stereocenters. The van der Waals surface area contributed by atoms with Crippen LogP contribution in [-0.2, 0) is 9.53 Å². The Morgan fingerprint density at radius 3 is 2.47 bits per heavy atom. The number of hydrazine groups is 3. The van der Waals surface area contributed by atoms with Crippen molar-refractivity contribution in [3.8, 4) is 16.9 Å². The molecule has 3 heterocycles. The van der Waals surface area contributed by atoms with Crippen LogP contribution in [0.2, 0.25) is 0 Å². The minimum atomic E-state index is -0.195. The summed E-state index contributed by atoms with van der Waals surface area (Å²) in [7, 11) is 1.71. The second kappa shape index (κ2) is 8.94. The Hall–Kier alpha value is -2.49. The van der Waals surface area contributed by atoms with E-state index in [0.717, 1.165) is 67.8 Å². The number of methoxy groups -OCH3 is 1. The number of carbonyl (C=O) groups is 1. The van der Waals surface area contributed by atoms with Gasteiger partial charge in [-0.25, -0.2) is 10.9 Å². The molecule has 4 aliphatic rings. The topological polar surface area (TPSA) is 86.9 Å². The Balaban J connectivity index is 1.13. The van der Waals surface area contributed by atoms with Crippen molar-refractivity contribution in [1.29, 1.82) is 0 Å². The van der Waals surface area contributed by atoms with Gasteiger partial charge in [-0.2, -0.15) is 11.1 Å². The number of likely N-dealkylation sites (tertiary alicyclic amines) is 1. The number of hydrogen-bond acceptors (Lipinski definition) is 7. The summed E-state index contributed by atoms with van der Waals surface area (Å²) in [6.07, 6.45) is 5.09. The minimum Gasteiger partial charge on any atom is -0.496 e. The first-order valence-electron chi connectivity index (χ1n) is 12.4. The molecule has 0 bridgehead atoms. The highest BCUT2D eigenvalue weighted by Crippen LogP contribution is 2.65. The van der Waals surface area contributed by atoms with Gasteiger partial charge >= 0.3 is 0 Å². The van der Waals surface area contributed by atoms with E-state index in [1.54, 1.807) is 7.11 Å². The summed E-state index contributed by atoms with van der Waals surface area (Å²) in [5.41, 5.74) is 17.1. The molecule has 1 spiro atoms. The van der Waals surface area contributed by atoms with Crippen molar-refractivity contribution in [1.82, 2.24) is 26.8 Å². The highest BCUT2D eigenvalue weighted by molar-refractivity contribution is 5.81. The van der Waals surface area contributed by atoms with Gasteiger partial charge in [0.05, 0.1) is 7.11 Å². The Kier molecular flexibility index (Phi) is 5.79. The molecule has 3 saturated heterocycles. The molecule has 2 aromatic carbocycles. The van der Waals surface area contributed by atoms with E-state index >= 15 is 0 Å². The Bertz CT molecular complexity index is 1040. The van der Waals surface area contributed by atoms with Crippen LogP contribution in [0.15, 0.2) is 42.5 Å². The quantitative estimate of drug-likeness (QED) is 0.543. The molecule has 3 aliphatic heterocycles. The number of rotatable bonds is 5. The predicted octanol–water partition coefficient (Wildman–Crippen LogP) is 2.75. The summed E-state index contributed by atoms with van der Waals surface area (Å²) in [4.78, 5) is 14.7. The third kappa shape index (κ3) is 3.99. The van der Waals surface area contributed by atoms with Gasteiger partial charge in [0.25, 0.3) is 5.91 Å². The fraction of sp³-hybridized carbons (Fsp3) is 0.500. The van der Waals surface area contributed by atoms with Crippen LogP contribution in [0.1, 0.15) is 55.3 Å². The van der Waals surface area contributed by atoms with Crippen molar-refractivity contribution in [2.75, 3.05) is 26.8 Å². The lowest BCUT2D eigenvalue weighted by Gasteiger charge is -2.34. The number of nitrogens with one attached hydrogen (secondary N) is 4. The third-order valence-electron chi connectivity index (χ3n) is 8.14. The second-order valence-corrected chi connectivity index (χ2v) is 10.00. The zero-order valence-corrected chi connectivity index (χ0v) is 19.6. The van der Waals surface area contributed by atoms with E-state index in [1.165, 1.54) is 12.0 Å². The summed E-state index contributed by atoms with van der Waals surface area (Å²) in [5.74, 6) is 1.67. The first-order valence-corrected chi connectivity index (χ1v) is 12.4. The summed E-state index contributed by atoms with van der Waals surface area (Å²) in [6, 6.07) is 15.2. The van der Waals surface area contributed by atoms with Crippen LogP contribution >= 0.6 is 0 Å². The molecule has 2 aromatic rings. The van der Waals surface area contributed by atoms with Crippen molar-refractivity contribution in [2.45, 2.75) is 50.3 Å². The van der Waals surface area contributed by atoms with E-state index in [0.29, 0.717) is 11.3 Å². The van der Waals surface area contributed by atoms with Gasteiger partial charge in [-0.05, 0) is 72.3 Å².